The molecule has 1 atom stereocenters. The van der Waals surface area contributed by atoms with E-state index in [9.17, 15) is 0 Å². The van der Waals surface area contributed by atoms with Crippen LogP contribution in [-0.4, -0.2) is 48.5 Å². The maximum absolute atomic E-state index is 5.99. The molecule has 0 aliphatic rings. The molecule has 8 heteroatoms. The Kier molecular flexibility index (Phi) is 7.25. The highest BCUT2D eigenvalue weighted by Gasteiger charge is 2.35. The molecule has 0 bridgehead atoms. The summed E-state index contributed by atoms with van der Waals surface area (Å²) in [6, 6.07) is 0. The van der Waals surface area contributed by atoms with Gasteiger partial charge in [-0.25, -0.2) is 0 Å². The summed E-state index contributed by atoms with van der Waals surface area (Å²) in [7, 11) is -1.33. The van der Waals surface area contributed by atoms with Gasteiger partial charge in [-0.3, -0.25) is 0 Å². The predicted octanol–water partition coefficient (Wildman–Crippen LogP) is -0.717. The van der Waals surface area contributed by atoms with Crippen LogP contribution in [0.5, 0.6) is 0 Å². The standard InChI is InChI=1S/C7H23BO4Si3/c1-7(6-9-8,10-13-2)11-15(4,5)12-14-3/h6,8,13-14H2,1-5H3. The zero-order chi connectivity index (χ0) is 11.9. The van der Waals surface area contributed by atoms with E-state index in [0.29, 0.717) is 6.61 Å². The van der Waals surface area contributed by atoms with Crippen molar-refractivity contribution in [3.05, 3.63) is 0 Å². The van der Waals surface area contributed by atoms with Crippen LogP contribution in [0.1, 0.15) is 6.92 Å². The van der Waals surface area contributed by atoms with Crippen LogP contribution in [0.2, 0.25) is 26.2 Å². The highest BCUT2D eigenvalue weighted by molar-refractivity contribution is 6.69. The van der Waals surface area contributed by atoms with Gasteiger partial charge in [0, 0.05) is 0 Å². The first-order valence-electron chi connectivity index (χ1n) is 5.36. The van der Waals surface area contributed by atoms with Crippen molar-refractivity contribution in [1.82, 2.24) is 0 Å². The first-order chi connectivity index (χ1) is 6.89. The van der Waals surface area contributed by atoms with E-state index < -0.39 is 33.9 Å². The molecule has 0 radical (unpaired) electrons. The summed E-state index contributed by atoms with van der Waals surface area (Å²) in [5.74, 6) is -0.616. The first-order valence-corrected chi connectivity index (χ1v) is 12.2. The van der Waals surface area contributed by atoms with E-state index in [1.165, 1.54) is 0 Å². The molecule has 0 saturated heterocycles. The molecule has 0 fully saturated rings. The maximum atomic E-state index is 5.99. The average Bonchev–Trinajstić information content (AvgIpc) is 2.02. The van der Waals surface area contributed by atoms with Gasteiger partial charge < -0.3 is 17.6 Å². The van der Waals surface area contributed by atoms with Crippen LogP contribution in [0, 0.1) is 0 Å². The number of hydrogen-bond donors (Lipinski definition) is 0. The van der Waals surface area contributed by atoms with E-state index in [1.807, 2.05) is 6.92 Å². The van der Waals surface area contributed by atoms with Crippen molar-refractivity contribution >= 4 is 36.1 Å². The van der Waals surface area contributed by atoms with Gasteiger partial charge in [-0.1, -0.05) is 13.1 Å². The molecule has 4 nitrogen and oxygen atoms in total. The Labute approximate surface area is 99.6 Å². The Morgan fingerprint density at radius 3 is 2.27 bits per heavy atom. The van der Waals surface area contributed by atoms with Gasteiger partial charge in [0.1, 0.15) is 9.76 Å². The Balaban J connectivity index is 4.37. The zero-order valence-corrected chi connectivity index (χ0v) is 14.6. The Hall–Kier alpha value is 0.556. The first kappa shape index (κ1) is 15.6. The normalized spacial score (nSPS) is 17.9. The van der Waals surface area contributed by atoms with Crippen molar-refractivity contribution in [2.45, 2.75) is 38.9 Å². The van der Waals surface area contributed by atoms with Gasteiger partial charge in [-0.15, -0.1) is 0 Å². The summed E-state index contributed by atoms with van der Waals surface area (Å²) in [6.45, 7) is 10.7. The van der Waals surface area contributed by atoms with Gasteiger partial charge in [0.25, 0.3) is 8.05 Å². The molecule has 0 rings (SSSR count). The second-order valence-electron chi connectivity index (χ2n) is 3.93. The van der Waals surface area contributed by atoms with Crippen LogP contribution in [0.3, 0.4) is 0 Å². The SMILES string of the molecule is BOCC(C)(O[SiH2]C)O[Si](C)(C)O[SiH2]C. The lowest BCUT2D eigenvalue weighted by atomic mass is 10.3. The Morgan fingerprint density at radius 2 is 1.87 bits per heavy atom. The molecule has 0 aliphatic carbocycles. The minimum atomic E-state index is -2.03. The summed E-state index contributed by atoms with van der Waals surface area (Å²) in [5, 5.41) is 0. The van der Waals surface area contributed by atoms with E-state index >= 15 is 0 Å². The lowest BCUT2D eigenvalue weighted by molar-refractivity contribution is -0.136. The molecule has 1 unspecified atom stereocenters. The Bertz CT molecular complexity index is 176. The largest absolute Gasteiger partial charge is 0.442 e. The van der Waals surface area contributed by atoms with Crippen LogP contribution in [0.25, 0.3) is 0 Å². The number of rotatable bonds is 8. The Morgan fingerprint density at radius 1 is 1.27 bits per heavy atom. The number of hydrogen-bond acceptors (Lipinski definition) is 4. The fourth-order valence-corrected chi connectivity index (χ4v) is 6.61. The molecule has 0 heterocycles. The van der Waals surface area contributed by atoms with Crippen molar-refractivity contribution in [2.24, 2.45) is 0 Å². The molecule has 0 amide bonds. The van der Waals surface area contributed by atoms with E-state index in [4.69, 9.17) is 17.6 Å². The zero-order valence-electron chi connectivity index (χ0n) is 10.8. The van der Waals surface area contributed by atoms with Gasteiger partial charge in [-0.2, -0.15) is 0 Å². The van der Waals surface area contributed by atoms with Gasteiger partial charge in [0.15, 0.2) is 15.6 Å². The third kappa shape index (κ3) is 6.66. The molecule has 0 N–H and O–H groups in total. The lowest BCUT2D eigenvalue weighted by Crippen LogP contribution is -2.49. The molecule has 0 spiro atoms. The van der Waals surface area contributed by atoms with Gasteiger partial charge in [0.2, 0.25) is 0 Å². The highest BCUT2D eigenvalue weighted by Crippen LogP contribution is 2.20. The molecule has 0 aromatic heterocycles. The van der Waals surface area contributed by atoms with E-state index in [1.54, 1.807) is 8.05 Å². The second kappa shape index (κ2) is 6.99. The highest BCUT2D eigenvalue weighted by atomic mass is 28.4. The van der Waals surface area contributed by atoms with Crippen LogP contribution in [0.15, 0.2) is 0 Å². The minimum Gasteiger partial charge on any atom is -0.442 e. The molecule has 90 valence electrons. The molecular weight excluding hydrogens is 243 g/mol. The topological polar surface area (TPSA) is 36.9 Å². The minimum absolute atomic E-state index is 0.435. The van der Waals surface area contributed by atoms with Crippen LogP contribution in [0.4, 0.5) is 0 Å². The van der Waals surface area contributed by atoms with Crippen LogP contribution >= 0.6 is 0 Å². The maximum Gasteiger partial charge on any atom is 0.323 e. The van der Waals surface area contributed by atoms with Crippen molar-refractivity contribution in [3.8, 4) is 0 Å². The van der Waals surface area contributed by atoms with Crippen LogP contribution < -0.4 is 0 Å². The third-order valence-electron chi connectivity index (χ3n) is 1.81. The summed E-state index contributed by atoms with van der Waals surface area (Å²) >= 11 is 0. The monoisotopic (exact) mass is 266 g/mol. The van der Waals surface area contributed by atoms with Crippen molar-refractivity contribution < 1.29 is 17.6 Å². The van der Waals surface area contributed by atoms with Crippen molar-refractivity contribution in [1.29, 1.82) is 0 Å². The molecule has 0 aliphatic heterocycles. The van der Waals surface area contributed by atoms with Crippen molar-refractivity contribution in [3.63, 3.8) is 0 Å². The molecule has 15 heavy (non-hydrogen) atoms. The average molecular weight is 266 g/mol. The molecule has 0 aromatic rings. The fourth-order valence-electron chi connectivity index (χ4n) is 1.57. The van der Waals surface area contributed by atoms with Crippen LogP contribution in [-0.2, 0) is 17.6 Å². The third-order valence-corrected chi connectivity index (χ3v) is 7.57. The molecular formula is C7H23BO4Si3. The summed E-state index contributed by atoms with van der Waals surface area (Å²) in [4.78, 5) is 0. The quantitative estimate of drug-likeness (QED) is 0.429. The summed E-state index contributed by atoms with van der Waals surface area (Å²) < 4.78 is 22.6. The smallest absolute Gasteiger partial charge is 0.323 e. The second-order valence-corrected chi connectivity index (χ2v) is 9.54. The fraction of sp³-hybridized carbons (Fsp3) is 1.00. The summed E-state index contributed by atoms with van der Waals surface area (Å²) in [5.41, 5.74) is 0. The van der Waals surface area contributed by atoms with Gasteiger partial charge in [0.05, 0.1) is 6.61 Å². The molecule has 0 aromatic carbocycles. The van der Waals surface area contributed by atoms with Gasteiger partial charge in [-0.05, 0) is 20.0 Å². The van der Waals surface area contributed by atoms with Gasteiger partial charge >= 0.3 is 8.56 Å². The predicted molar refractivity (Wildman–Crippen MR) is 72.5 cm³/mol. The van der Waals surface area contributed by atoms with E-state index in [2.05, 4.69) is 26.2 Å². The van der Waals surface area contributed by atoms with E-state index in [-0.39, 0.29) is 0 Å². The molecule has 0 saturated carbocycles. The lowest BCUT2D eigenvalue weighted by Gasteiger charge is -2.37. The van der Waals surface area contributed by atoms with E-state index in [0.717, 1.165) is 0 Å². The van der Waals surface area contributed by atoms with Crippen molar-refractivity contribution in [2.75, 3.05) is 6.61 Å². The summed E-state index contributed by atoms with van der Waals surface area (Å²) in [6.07, 6.45) is 0.